The largest absolute Gasteiger partial charge is 0.399 e. The summed E-state index contributed by atoms with van der Waals surface area (Å²) in [4.78, 5) is 12.1. The van der Waals surface area contributed by atoms with Crippen LogP contribution < -0.4 is 11.1 Å². The van der Waals surface area contributed by atoms with Crippen LogP contribution in [-0.2, 0) is 0 Å². The van der Waals surface area contributed by atoms with E-state index in [0.29, 0.717) is 22.8 Å². The highest BCUT2D eigenvalue weighted by molar-refractivity contribution is 8.00. The zero-order chi connectivity index (χ0) is 14.5. The van der Waals surface area contributed by atoms with E-state index in [1.807, 2.05) is 0 Å². The van der Waals surface area contributed by atoms with Crippen LogP contribution in [0.25, 0.3) is 0 Å². The molecule has 0 atom stereocenters. The highest BCUT2D eigenvalue weighted by atomic mass is 35.5. The Bertz CT molecular complexity index is 443. The fourth-order valence-electron chi connectivity index (χ4n) is 1.91. The summed E-state index contributed by atoms with van der Waals surface area (Å²) in [6, 6.07) is 4.94. The van der Waals surface area contributed by atoms with Gasteiger partial charge in [-0.25, -0.2) is 0 Å². The van der Waals surface area contributed by atoms with Crippen molar-refractivity contribution in [1.82, 2.24) is 5.32 Å². The third-order valence-electron chi connectivity index (χ3n) is 3.53. The van der Waals surface area contributed by atoms with Gasteiger partial charge in [-0.1, -0.05) is 25.4 Å². The highest BCUT2D eigenvalue weighted by Gasteiger charge is 2.25. The zero-order valence-corrected chi connectivity index (χ0v) is 14.4. The van der Waals surface area contributed by atoms with E-state index < -0.39 is 0 Å². The van der Waals surface area contributed by atoms with Crippen molar-refractivity contribution in [1.29, 1.82) is 0 Å². The summed E-state index contributed by atoms with van der Waals surface area (Å²) in [5.74, 6) is -0.148. The number of rotatable bonds is 6. The number of nitrogens with one attached hydrogen (secondary N) is 1. The molecule has 0 radical (unpaired) electrons. The quantitative estimate of drug-likeness (QED) is 0.772. The van der Waals surface area contributed by atoms with Gasteiger partial charge in [-0.15, -0.1) is 12.4 Å². The van der Waals surface area contributed by atoms with Crippen molar-refractivity contribution in [3.63, 3.8) is 0 Å². The summed E-state index contributed by atoms with van der Waals surface area (Å²) in [6.07, 6.45) is 4.11. The van der Waals surface area contributed by atoms with Crippen molar-refractivity contribution >= 4 is 47.4 Å². The van der Waals surface area contributed by atoms with E-state index in [-0.39, 0.29) is 23.1 Å². The Morgan fingerprint density at radius 3 is 2.45 bits per heavy atom. The number of anilines is 1. The summed E-state index contributed by atoms with van der Waals surface area (Å²) < 4.78 is 0.0932. The van der Waals surface area contributed by atoms with E-state index in [1.54, 1.807) is 30.0 Å². The minimum absolute atomic E-state index is 0. The molecule has 0 aliphatic rings. The normalized spacial score (nSPS) is 10.8. The van der Waals surface area contributed by atoms with Crippen LogP contribution in [0.1, 0.15) is 37.0 Å². The van der Waals surface area contributed by atoms with Crippen LogP contribution in [0.4, 0.5) is 5.69 Å². The second kappa shape index (κ2) is 8.65. The first-order chi connectivity index (χ1) is 8.98. The number of carbonyl (C=O) groups excluding carboxylic acids is 1. The summed E-state index contributed by atoms with van der Waals surface area (Å²) in [5.41, 5.74) is 6.64. The Morgan fingerprint density at radius 1 is 1.40 bits per heavy atom. The molecule has 1 rings (SSSR count). The fraction of sp³-hybridized carbons (Fsp3) is 0.500. The molecule has 0 saturated carbocycles. The molecule has 114 valence electrons. The molecule has 0 aromatic heterocycles. The molecular formula is C14H22Cl2N2OS. The maximum atomic E-state index is 12.1. The Kier molecular flexibility index (Phi) is 8.40. The minimum atomic E-state index is -0.148. The van der Waals surface area contributed by atoms with Gasteiger partial charge in [-0.05, 0) is 37.3 Å². The van der Waals surface area contributed by atoms with E-state index in [1.165, 1.54) is 0 Å². The SMILES string of the molecule is CCC(CC)(CNC(=O)c1ccc(N)cc1Cl)SC.Cl. The number of benzene rings is 1. The molecule has 0 fully saturated rings. The number of hydrogen-bond acceptors (Lipinski definition) is 3. The lowest BCUT2D eigenvalue weighted by atomic mass is 10.0. The van der Waals surface area contributed by atoms with Crippen molar-refractivity contribution in [3.8, 4) is 0 Å². The third kappa shape index (κ3) is 4.76. The Morgan fingerprint density at radius 2 is 2.00 bits per heavy atom. The Hall–Kier alpha value is -0.580. The molecule has 1 aromatic rings. The Balaban J connectivity index is 0.00000361. The van der Waals surface area contributed by atoms with Crippen LogP contribution >= 0.6 is 35.8 Å². The van der Waals surface area contributed by atoms with Crippen LogP contribution in [0.15, 0.2) is 18.2 Å². The highest BCUT2D eigenvalue weighted by Crippen LogP contribution is 2.29. The second-order valence-electron chi connectivity index (χ2n) is 4.52. The van der Waals surface area contributed by atoms with E-state index in [9.17, 15) is 4.79 Å². The van der Waals surface area contributed by atoms with Crippen molar-refractivity contribution in [2.45, 2.75) is 31.4 Å². The topological polar surface area (TPSA) is 55.1 Å². The zero-order valence-electron chi connectivity index (χ0n) is 12.0. The van der Waals surface area contributed by atoms with Gasteiger partial charge in [-0.3, -0.25) is 4.79 Å². The van der Waals surface area contributed by atoms with Crippen LogP contribution in [0.2, 0.25) is 5.02 Å². The van der Waals surface area contributed by atoms with Gasteiger partial charge in [0, 0.05) is 17.0 Å². The van der Waals surface area contributed by atoms with Gasteiger partial charge in [0.2, 0.25) is 0 Å². The average molecular weight is 337 g/mol. The number of amides is 1. The molecule has 0 aliphatic heterocycles. The number of hydrogen-bond donors (Lipinski definition) is 2. The molecule has 0 aliphatic carbocycles. The predicted molar refractivity (Wildman–Crippen MR) is 92.3 cm³/mol. The second-order valence-corrected chi connectivity index (χ2v) is 6.20. The predicted octanol–water partition coefficient (Wildman–Crippen LogP) is 4.00. The molecule has 1 amide bonds. The van der Waals surface area contributed by atoms with Crippen LogP contribution in [-0.4, -0.2) is 23.5 Å². The molecule has 6 heteroatoms. The monoisotopic (exact) mass is 336 g/mol. The number of halogens is 2. The van der Waals surface area contributed by atoms with Crippen molar-refractivity contribution in [3.05, 3.63) is 28.8 Å². The van der Waals surface area contributed by atoms with E-state index >= 15 is 0 Å². The molecule has 0 heterocycles. The molecule has 0 unspecified atom stereocenters. The van der Waals surface area contributed by atoms with Gasteiger partial charge in [0.05, 0.1) is 10.6 Å². The maximum absolute atomic E-state index is 12.1. The molecule has 1 aromatic carbocycles. The van der Waals surface area contributed by atoms with Crippen molar-refractivity contribution in [2.24, 2.45) is 0 Å². The van der Waals surface area contributed by atoms with Crippen molar-refractivity contribution < 1.29 is 4.79 Å². The number of nitrogens with two attached hydrogens (primary N) is 1. The first-order valence-corrected chi connectivity index (χ1v) is 7.96. The molecule has 0 spiro atoms. The van der Waals surface area contributed by atoms with Gasteiger partial charge < -0.3 is 11.1 Å². The summed E-state index contributed by atoms with van der Waals surface area (Å²) in [7, 11) is 0. The lowest BCUT2D eigenvalue weighted by Crippen LogP contribution is -2.39. The molecule has 3 nitrogen and oxygen atoms in total. The number of thioether (sulfide) groups is 1. The third-order valence-corrected chi connectivity index (χ3v) is 5.43. The first kappa shape index (κ1) is 19.4. The van der Waals surface area contributed by atoms with Gasteiger partial charge in [-0.2, -0.15) is 11.8 Å². The number of nitrogen functional groups attached to an aromatic ring is 1. The lowest BCUT2D eigenvalue weighted by Gasteiger charge is -2.29. The number of carbonyl (C=O) groups is 1. The van der Waals surface area contributed by atoms with Crippen molar-refractivity contribution in [2.75, 3.05) is 18.5 Å². The van der Waals surface area contributed by atoms with Crippen LogP contribution in [0.5, 0.6) is 0 Å². The maximum Gasteiger partial charge on any atom is 0.252 e. The van der Waals surface area contributed by atoms with Crippen LogP contribution in [0.3, 0.4) is 0 Å². The van der Waals surface area contributed by atoms with Gasteiger partial charge >= 0.3 is 0 Å². The van der Waals surface area contributed by atoms with Gasteiger partial charge in [0.1, 0.15) is 0 Å². The minimum Gasteiger partial charge on any atom is -0.399 e. The molecule has 20 heavy (non-hydrogen) atoms. The first-order valence-electron chi connectivity index (χ1n) is 6.36. The molecule has 0 saturated heterocycles. The van der Waals surface area contributed by atoms with E-state index in [4.69, 9.17) is 17.3 Å². The molecule has 0 bridgehead atoms. The molecular weight excluding hydrogens is 315 g/mol. The molecule has 3 N–H and O–H groups in total. The van der Waals surface area contributed by atoms with E-state index in [0.717, 1.165) is 12.8 Å². The van der Waals surface area contributed by atoms with Gasteiger partial charge in [0.25, 0.3) is 5.91 Å². The Labute approximate surface area is 136 Å². The fourth-order valence-corrected chi connectivity index (χ4v) is 2.98. The smallest absolute Gasteiger partial charge is 0.252 e. The van der Waals surface area contributed by atoms with E-state index in [2.05, 4.69) is 25.4 Å². The van der Waals surface area contributed by atoms with Crippen LogP contribution in [0, 0.1) is 0 Å². The summed E-state index contributed by atoms with van der Waals surface area (Å²) in [6.45, 7) is 4.92. The standard InChI is InChI=1S/C14H21ClN2OS.ClH/c1-4-14(5-2,19-3)9-17-13(18)11-7-6-10(16)8-12(11)15;/h6-8H,4-5,9,16H2,1-3H3,(H,17,18);1H. The summed E-state index contributed by atoms with van der Waals surface area (Å²) in [5, 5.41) is 3.36. The summed E-state index contributed by atoms with van der Waals surface area (Å²) >= 11 is 7.82. The van der Waals surface area contributed by atoms with Gasteiger partial charge in [0.15, 0.2) is 0 Å². The average Bonchev–Trinajstić information content (AvgIpc) is 2.40. The lowest BCUT2D eigenvalue weighted by molar-refractivity contribution is 0.0949.